The summed E-state index contributed by atoms with van der Waals surface area (Å²) in [6.45, 7) is 3.98. The first-order chi connectivity index (χ1) is 6.77. The predicted molar refractivity (Wildman–Crippen MR) is 55.9 cm³/mol. The highest BCUT2D eigenvalue weighted by atomic mass is 16.3. The molecule has 1 fully saturated rings. The maximum atomic E-state index is 11.4. The summed E-state index contributed by atoms with van der Waals surface area (Å²) < 4.78 is 0. The Labute approximate surface area is 86.1 Å². The number of nitrogens with zero attached hydrogens (tertiary/aromatic N) is 1. The summed E-state index contributed by atoms with van der Waals surface area (Å²) in [5.74, 6) is 0.411. The van der Waals surface area contributed by atoms with Crippen molar-refractivity contribution in [2.75, 3.05) is 19.7 Å². The fourth-order valence-corrected chi connectivity index (χ4v) is 1.92. The zero-order chi connectivity index (χ0) is 10.4. The number of rotatable bonds is 6. The summed E-state index contributed by atoms with van der Waals surface area (Å²) in [7, 11) is 0. The Morgan fingerprint density at radius 2 is 2.21 bits per heavy atom. The third kappa shape index (κ3) is 3.29. The molecule has 1 atom stereocenters. The van der Waals surface area contributed by atoms with Gasteiger partial charge in [-0.1, -0.05) is 26.2 Å². The maximum Gasteiger partial charge on any atom is 0.223 e. The molecule has 3 nitrogen and oxygen atoms in total. The second-order valence-electron chi connectivity index (χ2n) is 4.15. The van der Waals surface area contributed by atoms with Crippen LogP contribution in [0, 0.1) is 5.92 Å². The van der Waals surface area contributed by atoms with E-state index in [0.29, 0.717) is 6.42 Å². The molecular formula is C11H21NO2. The monoisotopic (exact) mass is 199 g/mol. The first-order valence-corrected chi connectivity index (χ1v) is 5.66. The second-order valence-corrected chi connectivity index (χ2v) is 4.15. The number of hydrogen-bond donors (Lipinski definition) is 1. The van der Waals surface area contributed by atoms with Gasteiger partial charge in [-0.05, 0) is 6.42 Å². The molecule has 0 aromatic carbocycles. The second kappa shape index (κ2) is 6.02. The number of hydrogen-bond acceptors (Lipinski definition) is 2. The van der Waals surface area contributed by atoms with E-state index in [1.165, 1.54) is 19.3 Å². The first kappa shape index (κ1) is 11.5. The summed E-state index contributed by atoms with van der Waals surface area (Å²) >= 11 is 0. The van der Waals surface area contributed by atoms with Crippen molar-refractivity contribution in [1.29, 1.82) is 0 Å². The molecular weight excluding hydrogens is 178 g/mol. The molecule has 0 spiro atoms. The number of unbranched alkanes of at least 4 members (excludes halogenated alkanes) is 3. The van der Waals surface area contributed by atoms with Crippen LogP contribution < -0.4 is 0 Å². The van der Waals surface area contributed by atoms with Crippen molar-refractivity contribution < 1.29 is 9.90 Å². The van der Waals surface area contributed by atoms with Gasteiger partial charge in [0.2, 0.25) is 5.91 Å². The van der Waals surface area contributed by atoms with Crippen LogP contribution in [0.4, 0.5) is 0 Å². The van der Waals surface area contributed by atoms with Crippen molar-refractivity contribution in [1.82, 2.24) is 4.90 Å². The van der Waals surface area contributed by atoms with Gasteiger partial charge in [0.05, 0.1) is 0 Å². The lowest BCUT2D eigenvalue weighted by Gasteiger charge is -2.15. The molecule has 82 valence electrons. The quantitative estimate of drug-likeness (QED) is 0.657. The van der Waals surface area contributed by atoms with Crippen LogP contribution in [0.5, 0.6) is 0 Å². The van der Waals surface area contributed by atoms with E-state index < -0.39 is 0 Å². The van der Waals surface area contributed by atoms with Crippen LogP contribution in [-0.4, -0.2) is 35.6 Å². The molecule has 1 saturated heterocycles. The van der Waals surface area contributed by atoms with E-state index in [9.17, 15) is 4.79 Å². The first-order valence-electron chi connectivity index (χ1n) is 5.66. The zero-order valence-corrected chi connectivity index (χ0v) is 9.04. The number of carbonyl (C=O) groups is 1. The van der Waals surface area contributed by atoms with E-state index in [1.807, 2.05) is 4.90 Å². The highest BCUT2D eigenvalue weighted by molar-refractivity contribution is 5.78. The van der Waals surface area contributed by atoms with Gasteiger partial charge in [0.25, 0.3) is 0 Å². The van der Waals surface area contributed by atoms with E-state index in [0.717, 1.165) is 19.5 Å². The highest BCUT2D eigenvalue weighted by Crippen LogP contribution is 2.17. The van der Waals surface area contributed by atoms with E-state index in [2.05, 4.69) is 6.92 Å². The summed E-state index contributed by atoms with van der Waals surface area (Å²) in [5, 5.41) is 8.93. The normalized spacial score (nSPS) is 22.0. The van der Waals surface area contributed by atoms with E-state index in [1.54, 1.807) is 0 Å². The van der Waals surface area contributed by atoms with Crippen molar-refractivity contribution in [2.45, 2.75) is 39.0 Å². The Balaban J connectivity index is 2.15. The molecule has 1 rings (SSSR count). The van der Waals surface area contributed by atoms with Gasteiger partial charge in [0.1, 0.15) is 0 Å². The van der Waals surface area contributed by atoms with Gasteiger partial charge in [-0.3, -0.25) is 4.79 Å². The van der Waals surface area contributed by atoms with Crippen molar-refractivity contribution in [2.24, 2.45) is 5.92 Å². The van der Waals surface area contributed by atoms with Crippen LogP contribution in [0.1, 0.15) is 39.0 Å². The summed E-state index contributed by atoms with van der Waals surface area (Å²) in [5.41, 5.74) is 0. The minimum atomic E-state index is 0.150. The van der Waals surface area contributed by atoms with Gasteiger partial charge in [0.15, 0.2) is 0 Å². The zero-order valence-electron chi connectivity index (χ0n) is 9.04. The number of carbonyl (C=O) groups excluding carboxylic acids is 1. The average molecular weight is 199 g/mol. The van der Waals surface area contributed by atoms with Gasteiger partial charge in [-0.2, -0.15) is 0 Å². The number of aliphatic hydroxyl groups excluding tert-OH is 1. The molecule has 1 aliphatic heterocycles. The summed E-state index contributed by atoms with van der Waals surface area (Å²) in [6.07, 6.45) is 5.35. The lowest BCUT2D eigenvalue weighted by atomic mass is 10.1. The third-order valence-electron chi connectivity index (χ3n) is 2.83. The summed E-state index contributed by atoms with van der Waals surface area (Å²) in [6, 6.07) is 0. The Hall–Kier alpha value is -0.570. The molecule has 0 radical (unpaired) electrons. The molecule has 0 bridgehead atoms. The van der Waals surface area contributed by atoms with Crippen LogP contribution in [0.15, 0.2) is 0 Å². The maximum absolute atomic E-state index is 11.4. The Kier molecular flexibility index (Phi) is 4.94. The van der Waals surface area contributed by atoms with Gasteiger partial charge >= 0.3 is 0 Å². The van der Waals surface area contributed by atoms with Gasteiger partial charge in [-0.15, -0.1) is 0 Å². The number of aliphatic hydroxyl groups is 1. The summed E-state index contributed by atoms with van der Waals surface area (Å²) in [4.78, 5) is 13.3. The van der Waals surface area contributed by atoms with Crippen LogP contribution in [0.3, 0.4) is 0 Å². The van der Waals surface area contributed by atoms with Gasteiger partial charge in [-0.25, -0.2) is 0 Å². The highest BCUT2D eigenvalue weighted by Gasteiger charge is 2.28. The van der Waals surface area contributed by atoms with Gasteiger partial charge < -0.3 is 10.0 Å². The van der Waals surface area contributed by atoms with Crippen molar-refractivity contribution >= 4 is 5.91 Å². The van der Waals surface area contributed by atoms with Crippen LogP contribution in [-0.2, 0) is 4.79 Å². The molecule has 3 heteroatoms. The number of amides is 1. The molecule has 1 N–H and O–H groups in total. The van der Waals surface area contributed by atoms with Crippen LogP contribution >= 0.6 is 0 Å². The van der Waals surface area contributed by atoms with Crippen molar-refractivity contribution in [3.8, 4) is 0 Å². The topological polar surface area (TPSA) is 40.5 Å². The SMILES string of the molecule is CCCCCCN1CC(CO)CC1=O. The molecule has 0 aliphatic carbocycles. The minimum absolute atomic E-state index is 0.150. The van der Waals surface area contributed by atoms with Crippen LogP contribution in [0.25, 0.3) is 0 Å². The minimum Gasteiger partial charge on any atom is -0.396 e. The Morgan fingerprint density at radius 3 is 2.79 bits per heavy atom. The fourth-order valence-electron chi connectivity index (χ4n) is 1.92. The molecule has 0 saturated carbocycles. The molecule has 1 aliphatic rings. The smallest absolute Gasteiger partial charge is 0.223 e. The van der Waals surface area contributed by atoms with Crippen molar-refractivity contribution in [3.63, 3.8) is 0 Å². The molecule has 1 amide bonds. The third-order valence-corrected chi connectivity index (χ3v) is 2.83. The Morgan fingerprint density at radius 1 is 1.43 bits per heavy atom. The van der Waals surface area contributed by atoms with E-state index in [4.69, 9.17) is 5.11 Å². The van der Waals surface area contributed by atoms with E-state index >= 15 is 0 Å². The molecule has 14 heavy (non-hydrogen) atoms. The molecule has 0 aromatic rings. The average Bonchev–Trinajstić information content (AvgIpc) is 2.54. The van der Waals surface area contributed by atoms with E-state index in [-0.39, 0.29) is 18.4 Å². The molecule has 1 heterocycles. The van der Waals surface area contributed by atoms with Crippen LogP contribution in [0.2, 0.25) is 0 Å². The predicted octanol–water partition coefficient (Wildman–Crippen LogP) is 1.41. The Bertz CT molecular complexity index is 182. The largest absolute Gasteiger partial charge is 0.396 e. The standard InChI is InChI=1S/C11H21NO2/c1-2-3-4-5-6-12-8-10(9-13)7-11(12)14/h10,13H,2-9H2,1H3. The lowest BCUT2D eigenvalue weighted by Crippen LogP contribution is -2.26. The number of likely N-dealkylation sites (tertiary alicyclic amines) is 1. The van der Waals surface area contributed by atoms with Crippen molar-refractivity contribution in [3.05, 3.63) is 0 Å². The fraction of sp³-hybridized carbons (Fsp3) is 0.909. The molecule has 1 unspecified atom stereocenters. The molecule has 0 aromatic heterocycles. The lowest BCUT2D eigenvalue weighted by molar-refractivity contribution is -0.127. The van der Waals surface area contributed by atoms with Gasteiger partial charge in [0, 0.05) is 32.0 Å².